The number of nitrogens with two attached hydrogens (primary N) is 1. The van der Waals surface area contributed by atoms with Crippen LogP contribution in [0.25, 0.3) is 0 Å². The Kier molecular flexibility index (Phi) is 2.57. The van der Waals surface area contributed by atoms with Gasteiger partial charge in [-0.2, -0.15) is 0 Å². The van der Waals surface area contributed by atoms with Crippen LogP contribution in [0.4, 0.5) is 5.69 Å². The predicted octanol–water partition coefficient (Wildman–Crippen LogP) is 3.84. The van der Waals surface area contributed by atoms with Crippen molar-refractivity contribution < 1.29 is 0 Å². The standard InChI is InChI=1S/C13H9ClN2S/c14-8-5-6-11-9(7-8)13(15)16-10-3-1-2-4-12(10)17-11/h1-7H,(H2,15,16). The molecule has 0 radical (unpaired) electrons. The summed E-state index contributed by atoms with van der Waals surface area (Å²) in [6, 6.07) is 13.7. The Labute approximate surface area is 109 Å². The number of amidine groups is 1. The maximum Gasteiger partial charge on any atom is 0.132 e. The maximum absolute atomic E-state index is 6.01. The Hall–Kier alpha value is -1.45. The minimum Gasteiger partial charge on any atom is -0.383 e. The van der Waals surface area contributed by atoms with Gasteiger partial charge in [0.25, 0.3) is 0 Å². The molecule has 2 aromatic carbocycles. The number of halogens is 1. The smallest absolute Gasteiger partial charge is 0.132 e. The Morgan fingerprint density at radius 2 is 1.88 bits per heavy atom. The van der Waals surface area contributed by atoms with Crippen LogP contribution in [0.15, 0.2) is 57.2 Å². The highest BCUT2D eigenvalue weighted by atomic mass is 35.5. The van der Waals surface area contributed by atoms with Crippen LogP contribution in [0.5, 0.6) is 0 Å². The highest BCUT2D eigenvalue weighted by Gasteiger charge is 2.15. The summed E-state index contributed by atoms with van der Waals surface area (Å²) in [7, 11) is 0. The van der Waals surface area contributed by atoms with Crippen LogP contribution >= 0.6 is 23.4 Å². The summed E-state index contributed by atoms with van der Waals surface area (Å²) in [4.78, 5) is 6.63. The van der Waals surface area contributed by atoms with Crippen LogP contribution < -0.4 is 5.73 Å². The van der Waals surface area contributed by atoms with E-state index in [0.29, 0.717) is 10.9 Å². The molecule has 0 saturated heterocycles. The number of para-hydroxylation sites is 1. The van der Waals surface area contributed by atoms with Crippen LogP contribution in [0.2, 0.25) is 5.02 Å². The van der Waals surface area contributed by atoms with Gasteiger partial charge in [0.05, 0.1) is 5.69 Å². The van der Waals surface area contributed by atoms with E-state index in [4.69, 9.17) is 17.3 Å². The van der Waals surface area contributed by atoms with Gasteiger partial charge in [-0.1, -0.05) is 35.5 Å². The van der Waals surface area contributed by atoms with E-state index >= 15 is 0 Å². The number of aliphatic imine (C=N–C) groups is 1. The van der Waals surface area contributed by atoms with Gasteiger partial charge in [-0.05, 0) is 30.3 Å². The normalized spacial score (nSPS) is 13.4. The number of fused-ring (bicyclic) bond motifs is 2. The molecular weight excluding hydrogens is 252 g/mol. The molecule has 0 unspecified atom stereocenters. The molecule has 1 aliphatic rings. The summed E-state index contributed by atoms with van der Waals surface area (Å²) in [6.45, 7) is 0. The van der Waals surface area contributed by atoms with E-state index in [-0.39, 0.29) is 0 Å². The molecule has 0 bridgehead atoms. The average molecular weight is 261 g/mol. The van der Waals surface area contributed by atoms with Gasteiger partial charge in [0.2, 0.25) is 0 Å². The number of nitrogens with zero attached hydrogens (tertiary/aromatic N) is 1. The van der Waals surface area contributed by atoms with Crippen LogP contribution in [0.3, 0.4) is 0 Å². The molecule has 17 heavy (non-hydrogen) atoms. The number of hydrogen-bond acceptors (Lipinski definition) is 3. The summed E-state index contributed by atoms with van der Waals surface area (Å²) in [5.41, 5.74) is 7.81. The fourth-order valence-corrected chi connectivity index (χ4v) is 2.92. The Morgan fingerprint density at radius 1 is 1.06 bits per heavy atom. The zero-order chi connectivity index (χ0) is 11.8. The molecule has 84 valence electrons. The third-order valence-electron chi connectivity index (χ3n) is 2.54. The van der Waals surface area contributed by atoms with E-state index in [0.717, 1.165) is 21.0 Å². The highest BCUT2D eigenvalue weighted by molar-refractivity contribution is 7.99. The first kappa shape index (κ1) is 10.7. The largest absolute Gasteiger partial charge is 0.383 e. The zero-order valence-corrected chi connectivity index (χ0v) is 10.4. The molecule has 2 nitrogen and oxygen atoms in total. The third kappa shape index (κ3) is 1.92. The molecule has 3 rings (SSSR count). The van der Waals surface area contributed by atoms with Crippen molar-refractivity contribution in [3.8, 4) is 0 Å². The van der Waals surface area contributed by atoms with Crippen molar-refractivity contribution in [1.82, 2.24) is 0 Å². The monoisotopic (exact) mass is 260 g/mol. The van der Waals surface area contributed by atoms with Crippen molar-refractivity contribution in [3.05, 3.63) is 53.1 Å². The second-order valence-electron chi connectivity index (χ2n) is 3.71. The van der Waals surface area contributed by atoms with Gasteiger partial charge in [0.1, 0.15) is 5.84 Å². The molecule has 1 heterocycles. The minimum absolute atomic E-state index is 0.514. The summed E-state index contributed by atoms with van der Waals surface area (Å²) >= 11 is 7.65. The highest BCUT2D eigenvalue weighted by Crippen LogP contribution is 2.39. The van der Waals surface area contributed by atoms with E-state index in [2.05, 4.69) is 4.99 Å². The van der Waals surface area contributed by atoms with Crippen LogP contribution in [0.1, 0.15) is 5.56 Å². The van der Waals surface area contributed by atoms with E-state index in [9.17, 15) is 0 Å². The zero-order valence-electron chi connectivity index (χ0n) is 8.85. The molecule has 0 fully saturated rings. The molecular formula is C13H9ClN2S. The quantitative estimate of drug-likeness (QED) is 0.782. The number of benzene rings is 2. The second kappa shape index (κ2) is 4.09. The van der Waals surface area contributed by atoms with E-state index in [1.54, 1.807) is 11.8 Å². The summed E-state index contributed by atoms with van der Waals surface area (Å²) in [6.07, 6.45) is 0. The van der Waals surface area contributed by atoms with Gasteiger partial charge < -0.3 is 5.73 Å². The van der Waals surface area contributed by atoms with Crippen molar-refractivity contribution in [1.29, 1.82) is 0 Å². The van der Waals surface area contributed by atoms with Crippen molar-refractivity contribution in [2.45, 2.75) is 9.79 Å². The van der Waals surface area contributed by atoms with Crippen molar-refractivity contribution in [3.63, 3.8) is 0 Å². The van der Waals surface area contributed by atoms with Gasteiger partial charge in [0, 0.05) is 20.4 Å². The topological polar surface area (TPSA) is 38.4 Å². The Morgan fingerprint density at radius 3 is 2.76 bits per heavy atom. The fourth-order valence-electron chi connectivity index (χ4n) is 1.74. The molecule has 0 atom stereocenters. The van der Waals surface area contributed by atoms with Gasteiger partial charge >= 0.3 is 0 Å². The first-order chi connectivity index (χ1) is 8.24. The minimum atomic E-state index is 0.514. The van der Waals surface area contributed by atoms with E-state index in [1.807, 2.05) is 42.5 Å². The van der Waals surface area contributed by atoms with Crippen LogP contribution in [-0.2, 0) is 0 Å². The summed E-state index contributed by atoms with van der Waals surface area (Å²) in [5, 5.41) is 0.674. The lowest BCUT2D eigenvalue weighted by atomic mass is 10.2. The number of rotatable bonds is 0. The maximum atomic E-state index is 6.01. The van der Waals surface area contributed by atoms with Crippen molar-refractivity contribution in [2.24, 2.45) is 10.7 Å². The van der Waals surface area contributed by atoms with Crippen LogP contribution in [-0.4, -0.2) is 5.84 Å². The first-order valence-corrected chi connectivity index (χ1v) is 6.34. The lowest BCUT2D eigenvalue weighted by Gasteiger charge is -2.05. The Balaban J connectivity index is 2.24. The van der Waals surface area contributed by atoms with Gasteiger partial charge in [-0.15, -0.1) is 0 Å². The first-order valence-electron chi connectivity index (χ1n) is 5.15. The predicted molar refractivity (Wildman–Crippen MR) is 72.4 cm³/mol. The molecule has 0 aliphatic carbocycles. The van der Waals surface area contributed by atoms with Crippen molar-refractivity contribution >= 4 is 34.9 Å². The third-order valence-corrected chi connectivity index (χ3v) is 3.92. The SMILES string of the molecule is NC1=Nc2ccccc2Sc2ccc(Cl)cc21. The lowest BCUT2D eigenvalue weighted by molar-refractivity contribution is 1.36. The molecule has 2 N–H and O–H groups in total. The molecule has 2 aromatic rings. The van der Waals surface area contributed by atoms with E-state index < -0.39 is 0 Å². The average Bonchev–Trinajstić information content (AvgIpc) is 2.46. The summed E-state index contributed by atoms with van der Waals surface area (Å²) in [5.74, 6) is 0.514. The van der Waals surface area contributed by atoms with E-state index in [1.165, 1.54) is 0 Å². The fraction of sp³-hybridized carbons (Fsp3) is 0. The summed E-state index contributed by atoms with van der Waals surface area (Å²) < 4.78 is 0. The van der Waals surface area contributed by atoms with Gasteiger partial charge in [0.15, 0.2) is 0 Å². The second-order valence-corrected chi connectivity index (χ2v) is 5.23. The van der Waals surface area contributed by atoms with Gasteiger partial charge in [-0.3, -0.25) is 0 Å². The molecule has 4 heteroatoms. The molecule has 1 aliphatic heterocycles. The van der Waals surface area contributed by atoms with Gasteiger partial charge in [-0.25, -0.2) is 4.99 Å². The molecule has 0 aromatic heterocycles. The van der Waals surface area contributed by atoms with Crippen LogP contribution in [0, 0.1) is 0 Å². The Bertz CT molecular complexity index is 623. The number of hydrogen-bond donors (Lipinski definition) is 1. The molecule has 0 amide bonds. The molecule has 0 spiro atoms. The van der Waals surface area contributed by atoms with Crippen molar-refractivity contribution in [2.75, 3.05) is 0 Å². The molecule has 0 saturated carbocycles. The lowest BCUT2D eigenvalue weighted by Crippen LogP contribution is -2.13.